The van der Waals surface area contributed by atoms with Crippen molar-refractivity contribution in [3.05, 3.63) is 34.9 Å². The van der Waals surface area contributed by atoms with Crippen LogP contribution in [0.15, 0.2) is 12.1 Å². The van der Waals surface area contributed by atoms with Crippen molar-refractivity contribution in [3.63, 3.8) is 0 Å². The summed E-state index contributed by atoms with van der Waals surface area (Å²) in [6.45, 7) is 0. The van der Waals surface area contributed by atoms with Gasteiger partial charge in [-0.1, -0.05) is 0 Å². The third kappa shape index (κ3) is 2.08. The Labute approximate surface area is 81.9 Å². The molecule has 3 N–H and O–H groups in total. The molecule has 7 heteroatoms. The maximum Gasteiger partial charge on any atom is 0.336 e. The zero-order valence-electron chi connectivity index (χ0n) is 7.12. The molecule has 0 unspecified atom stereocenters. The van der Waals surface area contributed by atoms with Crippen LogP contribution in [0.25, 0.3) is 0 Å². The molecule has 0 aliphatic rings. The molecule has 0 fully saturated rings. The van der Waals surface area contributed by atoms with Gasteiger partial charge in [-0.2, -0.15) is 0 Å². The monoisotopic (exact) mass is 217 g/mol. The van der Waals surface area contributed by atoms with Crippen LogP contribution in [0.3, 0.4) is 0 Å². The number of amides is 1. The second-order valence-corrected chi connectivity index (χ2v) is 2.56. The summed E-state index contributed by atoms with van der Waals surface area (Å²) in [4.78, 5) is 21.4. The summed E-state index contributed by atoms with van der Waals surface area (Å²) in [7, 11) is 0. The van der Waals surface area contributed by atoms with Gasteiger partial charge in [0.2, 0.25) is 0 Å². The third-order valence-corrected chi connectivity index (χ3v) is 1.64. The molecule has 1 aromatic carbocycles. The lowest BCUT2D eigenvalue weighted by Gasteiger charge is -2.04. The minimum Gasteiger partial charge on any atom is -0.478 e. The lowest BCUT2D eigenvalue weighted by atomic mass is 10.1. The van der Waals surface area contributed by atoms with Gasteiger partial charge in [-0.05, 0) is 12.1 Å². The minimum atomic E-state index is -1.60. The third-order valence-electron chi connectivity index (χ3n) is 1.64. The molecule has 0 radical (unpaired) electrons. The van der Waals surface area contributed by atoms with Crippen LogP contribution in [-0.4, -0.2) is 22.2 Å². The van der Waals surface area contributed by atoms with Crippen LogP contribution in [0, 0.1) is 11.6 Å². The van der Waals surface area contributed by atoms with E-state index in [9.17, 15) is 18.4 Å². The molecule has 1 amide bonds. The summed E-state index contributed by atoms with van der Waals surface area (Å²) in [6, 6.07) is 0.757. The summed E-state index contributed by atoms with van der Waals surface area (Å²) in [5, 5.41) is 16.8. The molecular formula is C8H5F2NO4. The van der Waals surface area contributed by atoms with Gasteiger partial charge in [0.05, 0.1) is 11.1 Å². The zero-order valence-corrected chi connectivity index (χ0v) is 7.12. The van der Waals surface area contributed by atoms with Crippen molar-refractivity contribution >= 4 is 11.9 Å². The van der Waals surface area contributed by atoms with Gasteiger partial charge in [-0.15, -0.1) is 0 Å². The fourth-order valence-electron chi connectivity index (χ4n) is 0.972. The molecule has 1 aromatic rings. The largest absolute Gasteiger partial charge is 0.478 e. The predicted molar refractivity (Wildman–Crippen MR) is 42.6 cm³/mol. The van der Waals surface area contributed by atoms with Gasteiger partial charge in [0.1, 0.15) is 0 Å². The first kappa shape index (κ1) is 11.1. The van der Waals surface area contributed by atoms with E-state index in [4.69, 9.17) is 10.3 Å². The van der Waals surface area contributed by atoms with E-state index in [0.717, 1.165) is 5.48 Å². The van der Waals surface area contributed by atoms with Gasteiger partial charge in [0.15, 0.2) is 11.6 Å². The van der Waals surface area contributed by atoms with E-state index in [1.165, 1.54) is 0 Å². The Hall–Kier alpha value is -2.02. The van der Waals surface area contributed by atoms with Crippen LogP contribution < -0.4 is 5.48 Å². The second kappa shape index (κ2) is 4.01. The molecule has 0 aromatic heterocycles. The number of carboxylic acids is 1. The van der Waals surface area contributed by atoms with Gasteiger partial charge < -0.3 is 5.11 Å². The van der Waals surface area contributed by atoms with E-state index < -0.39 is 34.6 Å². The van der Waals surface area contributed by atoms with Crippen molar-refractivity contribution in [1.29, 1.82) is 0 Å². The average molecular weight is 217 g/mol. The highest BCUT2D eigenvalue weighted by molar-refractivity contribution is 6.04. The molecule has 0 saturated carbocycles. The van der Waals surface area contributed by atoms with Gasteiger partial charge in [-0.25, -0.2) is 19.1 Å². The molecule has 0 bridgehead atoms. The van der Waals surface area contributed by atoms with Crippen molar-refractivity contribution < 1.29 is 28.7 Å². The first-order valence-corrected chi connectivity index (χ1v) is 3.64. The zero-order chi connectivity index (χ0) is 11.6. The SMILES string of the molecule is O=C(O)c1cc(F)c(F)cc1C(=O)NO. The number of carbonyl (C=O) groups is 2. The van der Waals surface area contributed by atoms with Crippen molar-refractivity contribution in [2.75, 3.05) is 0 Å². The van der Waals surface area contributed by atoms with E-state index in [0.29, 0.717) is 12.1 Å². The summed E-state index contributed by atoms with van der Waals surface area (Å²) >= 11 is 0. The molecule has 80 valence electrons. The quantitative estimate of drug-likeness (QED) is 0.504. The Kier molecular flexibility index (Phi) is 2.96. The van der Waals surface area contributed by atoms with Crippen molar-refractivity contribution in [3.8, 4) is 0 Å². The highest BCUT2D eigenvalue weighted by atomic mass is 19.2. The molecule has 0 aliphatic carbocycles. The van der Waals surface area contributed by atoms with E-state index in [1.54, 1.807) is 0 Å². The van der Waals surface area contributed by atoms with E-state index in [-0.39, 0.29) is 0 Å². The fraction of sp³-hybridized carbons (Fsp3) is 0. The molecule has 5 nitrogen and oxygen atoms in total. The molecule has 0 atom stereocenters. The van der Waals surface area contributed by atoms with Gasteiger partial charge in [0, 0.05) is 0 Å². The maximum atomic E-state index is 12.7. The Morgan fingerprint density at radius 3 is 2.00 bits per heavy atom. The molecule has 15 heavy (non-hydrogen) atoms. The Morgan fingerprint density at radius 1 is 1.13 bits per heavy atom. The van der Waals surface area contributed by atoms with Crippen LogP contribution >= 0.6 is 0 Å². The topological polar surface area (TPSA) is 86.6 Å². The van der Waals surface area contributed by atoms with E-state index >= 15 is 0 Å². The lowest BCUT2D eigenvalue weighted by molar-refractivity contribution is 0.0661. The van der Waals surface area contributed by atoms with Crippen LogP contribution in [0.5, 0.6) is 0 Å². The van der Waals surface area contributed by atoms with Crippen LogP contribution in [0.1, 0.15) is 20.7 Å². The highest BCUT2D eigenvalue weighted by Crippen LogP contribution is 2.15. The molecule has 0 spiro atoms. The number of halogens is 2. The van der Waals surface area contributed by atoms with Crippen molar-refractivity contribution in [1.82, 2.24) is 5.48 Å². The van der Waals surface area contributed by atoms with Crippen molar-refractivity contribution in [2.24, 2.45) is 0 Å². The summed E-state index contributed by atoms with van der Waals surface area (Å²) in [5.74, 6) is -5.60. The number of aromatic carboxylic acids is 1. The smallest absolute Gasteiger partial charge is 0.336 e. The summed E-state index contributed by atoms with van der Waals surface area (Å²) in [6.07, 6.45) is 0. The number of benzene rings is 1. The molecule has 1 rings (SSSR count). The molecule has 0 heterocycles. The van der Waals surface area contributed by atoms with Crippen LogP contribution in [0.4, 0.5) is 8.78 Å². The van der Waals surface area contributed by atoms with Crippen LogP contribution in [-0.2, 0) is 0 Å². The summed E-state index contributed by atoms with van der Waals surface area (Å²) in [5.41, 5.74) is -0.267. The van der Waals surface area contributed by atoms with Gasteiger partial charge in [-0.3, -0.25) is 10.0 Å². The number of nitrogens with one attached hydrogen (secondary N) is 1. The van der Waals surface area contributed by atoms with Crippen LogP contribution in [0.2, 0.25) is 0 Å². The van der Waals surface area contributed by atoms with E-state index in [1.807, 2.05) is 0 Å². The average Bonchev–Trinajstić information content (AvgIpc) is 2.20. The Morgan fingerprint density at radius 2 is 1.60 bits per heavy atom. The number of carbonyl (C=O) groups excluding carboxylic acids is 1. The molecule has 0 aliphatic heterocycles. The number of rotatable bonds is 2. The lowest BCUT2D eigenvalue weighted by Crippen LogP contribution is -2.22. The number of carboxylic acid groups (broad SMARTS) is 1. The van der Waals surface area contributed by atoms with Gasteiger partial charge in [0.25, 0.3) is 5.91 Å². The first-order chi connectivity index (χ1) is 6.97. The highest BCUT2D eigenvalue weighted by Gasteiger charge is 2.19. The molecular weight excluding hydrogens is 212 g/mol. The normalized spacial score (nSPS) is 9.80. The summed E-state index contributed by atoms with van der Waals surface area (Å²) < 4.78 is 25.3. The fourth-order valence-corrected chi connectivity index (χ4v) is 0.972. The predicted octanol–water partition coefficient (Wildman–Crippen LogP) is 0.782. The Balaban J connectivity index is 3.41. The molecule has 0 saturated heterocycles. The minimum absolute atomic E-state index is 0.363. The standard InChI is InChI=1S/C8H5F2NO4/c9-5-1-3(7(12)11-15)4(8(13)14)2-6(5)10/h1-2,15H,(H,11,12)(H,13,14). The Bertz CT molecular complexity index is 433. The number of hydroxylamine groups is 1. The van der Waals surface area contributed by atoms with Gasteiger partial charge >= 0.3 is 5.97 Å². The van der Waals surface area contributed by atoms with Crippen molar-refractivity contribution in [2.45, 2.75) is 0 Å². The van der Waals surface area contributed by atoms with E-state index in [2.05, 4.69) is 0 Å². The second-order valence-electron chi connectivity index (χ2n) is 2.56. The number of hydrogen-bond donors (Lipinski definition) is 3. The number of hydrogen-bond acceptors (Lipinski definition) is 3. The maximum absolute atomic E-state index is 12.7. The first-order valence-electron chi connectivity index (χ1n) is 3.64.